The van der Waals surface area contributed by atoms with E-state index in [1.165, 1.54) is 134 Å². The molecule has 2 N–H and O–H groups in total. The van der Waals surface area contributed by atoms with Gasteiger partial charge in [0.2, 0.25) is 12.6 Å². The molecule has 0 radical (unpaired) electrons. The second-order valence-electron chi connectivity index (χ2n) is 44.2. The first-order valence-electron chi connectivity index (χ1n) is 52.7. The van der Waals surface area contributed by atoms with Gasteiger partial charge in [-0.05, 0) is 379 Å². The van der Waals surface area contributed by atoms with Crippen LogP contribution >= 0.6 is 0 Å². The summed E-state index contributed by atoms with van der Waals surface area (Å²) in [5.74, 6) is 16.1. The molecule has 133 heavy (non-hydrogen) atoms. The molecule has 10 heteroatoms. The third-order valence-corrected chi connectivity index (χ3v) is 33.9. The Morgan fingerprint density at radius 2 is 0.722 bits per heavy atom. The number of hydrogen-bond donors (Lipinski definition) is 2. The summed E-state index contributed by atoms with van der Waals surface area (Å²) in [6.07, 6.45) is 28.1. The number of aromatic hydroxyl groups is 2. The Kier molecular flexibility index (Phi) is 38.2. The van der Waals surface area contributed by atoms with Gasteiger partial charge in [-0.2, -0.15) is 0 Å². The predicted molar refractivity (Wildman–Crippen MR) is 551 cm³/mol. The maximum atomic E-state index is 12.4. The van der Waals surface area contributed by atoms with Gasteiger partial charge in [-0.1, -0.05) is 290 Å². The fourth-order valence-electron chi connectivity index (χ4n) is 22.9. The minimum atomic E-state index is -0.444. The minimum absolute atomic E-state index is 0.0754. The van der Waals surface area contributed by atoms with Crippen LogP contribution in [-0.4, -0.2) is 46.9 Å². The van der Waals surface area contributed by atoms with Crippen LogP contribution in [0.4, 0.5) is 0 Å². The first-order chi connectivity index (χ1) is 63.5. The van der Waals surface area contributed by atoms with Gasteiger partial charge in [0, 0.05) is 11.8 Å². The number of rotatable bonds is 25. The Hall–Kier alpha value is -8.18. The van der Waals surface area contributed by atoms with Crippen molar-refractivity contribution in [2.45, 2.75) is 385 Å². The first-order valence-corrected chi connectivity index (χ1v) is 52.7. The Balaban J connectivity index is 0.000000150. The van der Waals surface area contributed by atoms with Gasteiger partial charge in [0.05, 0.1) is 23.0 Å². The molecule has 6 saturated carbocycles. The van der Waals surface area contributed by atoms with Crippen LogP contribution in [0.2, 0.25) is 0 Å². The molecule has 4 bridgehead atoms. The third-order valence-electron chi connectivity index (χ3n) is 33.9. The average Bonchev–Trinajstić information content (AvgIpc) is 1.73. The van der Waals surface area contributed by atoms with Crippen LogP contribution in [0.25, 0.3) is 0 Å². The highest BCUT2D eigenvalue weighted by atomic mass is 16.7. The van der Waals surface area contributed by atoms with Crippen LogP contribution in [0.15, 0.2) is 194 Å². The summed E-state index contributed by atoms with van der Waals surface area (Å²) in [5, 5.41) is 18.0. The van der Waals surface area contributed by atoms with Crippen molar-refractivity contribution in [3.8, 4) is 23.0 Å². The van der Waals surface area contributed by atoms with E-state index in [1.54, 1.807) is 46.5 Å². The van der Waals surface area contributed by atoms with Crippen molar-refractivity contribution in [3.63, 3.8) is 0 Å². The lowest BCUT2D eigenvalue weighted by atomic mass is 9.80. The lowest BCUT2D eigenvalue weighted by molar-refractivity contribution is -0.173. The third kappa shape index (κ3) is 26.6. The number of carbonyl (C=O) groups is 2. The van der Waals surface area contributed by atoms with Crippen LogP contribution in [-0.2, 0) is 65.4 Å². The van der Waals surface area contributed by atoms with Gasteiger partial charge >= 0.3 is 11.9 Å². The average molecular weight is 1810 g/mol. The van der Waals surface area contributed by atoms with Crippen LogP contribution in [0.3, 0.4) is 0 Å². The number of phenolic OH excluding ortho intramolecular Hbond substituents is 2. The Bertz CT molecular complexity index is 4650. The van der Waals surface area contributed by atoms with Gasteiger partial charge in [0.25, 0.3) is 0 Å². The Morgan fingerprint density at radius 3 is 1.08 bits per heavy atom. The van der Waals surface area contributed by atoms with Crippen molar-refractivity contribution in [1.29, 1.82) is 0 Å². The standard InChI is InChI=1S/2C24H36O2.C17H24O2.C16H22O2.2C11H14.2C10H14O/c2*1-5-16(4)17-9-11-19(12-10-17)25-24(15(2)3)26-23-14-18-13-22(23)21-8-6-7-20(18)21;1-5-16(3,4)15(18)19-17(6-2)12-11-13-9-7-8-10-14(13)17;1-5-15(2,3)14(17)18-16(4)11-10-12-8-6-7-9-13(12)16;2*1-8-7-10-5-3-4-6-11(10)9(8)2;2*1-3-8(2)9-4-6-10(11)7-5-9/h2*9-12,15-16,18,20-24H,5-8,13-14H2,1-4H3;7-10H,5-6,11-12H2,1-4H3;6-9H,5,10-11H2,1-4H3;2*3-6,8-9H,7H2,1-2H3;2*4-8,11H,3H2,1-2H3. The molecule has 10 aliphatic rings. The maximum Gasteiger partial charge on any atom is 0.312 e. The Labute approximate surface area is 806 Å². The normalized spacial score (nSPS) is 26.7. The highest BCUT2D eigenvalue weighted by Crippen LogP contribution is 2.61. The van der Waals surface area contributed by atoms with Crippen molar-refractivity contribution >= 4 is 11.9 Å². The van der Waals surface area contributed by atoms with E-state index >= 15 is 0 Å². The van der Waals surface area contributed by atoms with Gasteiger partial charge in [-0.15, -0.1) is 0 Å². The summed E-state index contributed by atoms with van der Waals surface area (Å²) in [6.45, 7) is 51.9. The number of aryl methyl sites for hydroxylation is 2. The predicted octanol–water partition coefficient (Wildman–Crippen LogP) is 32.6. The zero-order valence-corrected chi connectivity index (χ0v) is 86.6. The number of fused-ring (bicyclic) bond motifs is 14. The monoisotopic (exact) mass is 1810 g/mol. The second-order valence-corrected chi connectivity index (χ2v) is 44.2. The summed E-state index contributed by atoms with van der Waals surface area (Å²) in [4.78, 5) is 24.6. The van der Waals surface area contributed by atoms with E-state index in [0.29, 0.717) is 59.2 Å². The van der Waals surface area contributed by atoms with E-state index in [-0.39, 0.29) is 24.5 Å². The molecule has 8 aromatic rings. The molecule has 10 aliphatic carbocycles. The van der Waals surface area contributed by atoms with Gasteiger partial charge < -0.3 is 38.6 Å². The number of esters is 2. The molecule has 0 heterocycles. The molecule has 0 amide bonds. The number of phenols is 2. The summed E-state index contributed by atoms with van der Waals surface area (Å²) >= 11 is 0. The van der Waals surface area contributed by atoms with Crippen LogP contribution in [0.5, 0.6) is 23.0 Å². The zero-order chi connectivity index (χ0) is 96.2. The van der Waals surface area contributed by atoms with E-state index in [4.69, 9.17) is 38.6 Å². The molecular weight excluding hydrogens is 1640 g/mol. The zero-order valence-electron chi connectivity index (χ0n) is 86.6. The SMILES string of the molecule is CC1Cc2ccccc2C1C.CC1Cc2ccccc2C1C.CCC(C)(C)C(=O)OC1(C)CCc2ccccc21.CCC(C)(C)C(=O)OC1(CC)CCc2ccccc21.CCC(C)c1ccc(O)cc1.CCC(C)c1ccc(O)cc1.CCC(C)c1ccc(OC(OC2CC3CC2C2CCCC32)C(C)C)cc1.CCC(C)c1ccc(OC(OC2CC3CC2C2CCCC32)C(C)C)cc1. The van der Waals surface area contributed by atoms with E-state index < -0.39 is 22.0 Å². The fourth-order valence-corrected chi connectivity index (χ4v) is 22.9. The lowest BCUT2D eigenvalue weighted by Crippen LogP contribution is -2.37. The molecule has 0 saturated heterocycles. The van der Waals surface area contributed by atoms with Gasteiger partial charge in [0.15, 0.2) is 0 Å². The molecule has 8 aromatic carbocycles. The summed E-state index contributed by atoms with van der Waals surface area (Å²) in [6, 6.07) is 66.4. The highest BCUT2D eigenvalue weighted by Gasteiger charge is 2.57. The molecule has 18 rings (SSSR count). The molecule has 0 aromatic heterocycles. The van der Waals surface area contributed by atoms with E-state index in [2.05, 4.69) is 245 Å². The van der Waals surface area contributed by atoms with Crippen LogP contribution in [0.1, 0.15) is 390 Å². The van der Waals surface area contributed by atoms with E-state index in [1.807, 2.05) is 90.9 Å². The molecule has 726 valence electrons. The van der Waals surface area contributed by atoms with Crippen molar-refractivity contribution in [1.82, 2.24) is 0 Å². The molecule has 0 spiro atoms. The van der Waals surface area contributed by atoms with Crippen molar-refractivity contribution < 1.29 is 48.2 Å². The summed E-state index contributed by atoms with van der Waals surface area (Å²) in [7, 11) is 0. The molecule has 10 nitrogen and oxygen atoms in total. The molecular formula is C123H174O10. The molecule has 22 atom stereocenters. The van der Waals surface area contributed by atoms with Gasteiger partial charge in [-0.3, -0.25) is 9.59 Å². The number of benzene rings is 8. The van der Waals surface area contributed by atoms with Gasteiger partial charge in [0.1, 0.15) is 34.2 Å². The topological polar surface area (TPSA) is 130 Å². The van der Waals surface area contributed by atoms with Crippen molar-refractivity contribution in [2.24, 2.45) is 81.8 Å². The quantitative estimate of drug-likeness (QED) is 0.0421. The van der Waals surface area contributed by atoms with Crippen LogP contribution < -0.4 is 9.47 Å². The lowest BCUT2D eigenvalue weighted by Gasteiger charge is -2.35. The molecule has 22 unspecified atom stereocenters. The number of hydrogen-bond acceptors (Lipinski definition) is 10. The smallest absolute Gasteiger partial charge is 0.312 e. The summed E-state index contributed by atoms with van der Waals surface area (Å²) < 4.78 is 37.6. The molecule has 0 aliphatic heterocycles. The summed E-state index contributed by atoms with van der Waals surface area (Å²) in [5.41, 5.74) is 15.0. The number of ether oxygens (including phenoxy) is 6. The van der Waals surface area contributed by atoms with Crippen molar-refractivity contribution in [3.05, 3.63) is 261 Å². The van der Waals surface area contributed by atoms with E-state index in [9.17, 15) is 9.59 Å². The minimum Gasteiger partial charge on any atom is -0.508 e. The highest BCUT2D eigenvalue weighted by molar-refractivity contribution is 5.77. The van der Waals surface area contributed by atoms with E-state index in [0.717, 1.165) is 140 Å². The largest absolute Gasteiger partial charge is 0.508 e. The van der Waals surface area contributed by atoms with Gasteiger partial charge in [-0.25, -0.2) is 0 Å². The Morgan fingerprint density at radius 1 is 0.391 bits per heavy atom. The van der Waals surface area contributed by atoms with Crippen molar-refractivity contribution in [2.75, 3.05) is 0 Å². The second kappa shape index (κ2) is 48.2. The fraction of sp³-hybridized carbons (Fsp3) is 0.593. The maximum absolute atomic E-state index is 12.4. The first kappa shape index (κ1) is 105. The molecule has 6 fully saturated rings. The van der Waals surface area contributed by atoms with Crippen LogP contribution in [0, 0.1) is 81.8 Å². The number of carbonyl (C=O) groups excluding carboxylic acids is 2.